The van der Waals surface area contributed by atoms with Gasteiger partial charge in [0.15, 0.2) is 0 Å². The number of halogens is 1. The zero-order valence-corrected chi connectivity index (χ0v) is 17.3. The van der Waals surface area contributed by atoms with Gasteiger partial charge in [-0.15, -0.1) is 11.3 Å². The maximum atomic E-state index is 14.2. The van der Waals surface area contributed by atoms with Gasteiger partial charge in [0.2, 0.25) is 10.0 Å². The molecule has 28 heavy (non-hydrogen) atoms. The standard InChI is InChI=1S/C20H19FN2O3S2/c1-12-18-15(21)5-4-6-17(18)27-19(12)20(24)23-10-9-13-11-14(7-8-16(13)23)28(25,26)22(2)3/h4-8,11H,9-10H2,1-3H3. The summed E-state index contributed by atoms with van der Waals surface area (Å²) in [5.74, 6) is -0.509. The van der Waals surface area contributed by atoms with Gasteiger partial charge in [-0.1, -0.05) is 6.07 Å². The van der Waals surface area contributed by atoms with E-state index in [1.54, 1.807) is 30.0 Å². The summed E-state index contributed by atoms with van der Waals surface area (Å²) in [6.45, 7) is 2.23. The largest absolute Gasteiger partial charge is 0.307 e. The first-order valence-corrected chi connectivity index (χ1v) is 11.0. The van der Waals surface area contributed by atoms with Crippen molar-refractivity contribution in [3.63, 3.8) is 0 Å². The van der Waals surface area contributed by atoms with E-state index in [9.17, 15) is 17.6 Å². The van der Waals surface area contributed by atoms with Crippen LogP contribution in [0.2, 0.25) is 0 Å². The highest BCUT2D eigenvalue weighted by Crippen LogP contribution is 2.37. The summed E-state index contributed by atoms with van der Waals surface area (Å²) in [7, 11) is -0.551. The van der Waals surface area contributed by atoms with Gasteiger partial charge in [0.1, 0.15) is 5.82 Å². The average Bonchev–Trinajstić information content (AvgIpc) is 3.22. The average molecular weight is 419 g/mol. The Bertz CT molecular complexity index is 1220. The van der Waals surface area contributed by atoms with Crippen molar-refractivity contribution in [3.8, 4) is 0 Å². The van der Waals surface area contributed by atoms with Crippen molar-refractivity contribution >= 4 is 43.0 Å². The molecule has 0 radical (unpaired) electrons. The molecule has 1 aliphatic heterocycles. The van der Waals surface area contributed by atoms with Gasteiger partial charge in [-0.2, -0.15) is 0 Å². The van der Waals surface area contributed by atoms with Crippen LogP contribution in [0.25, 0.3) is 10.1 Å². The third-order valence-corrected chi connectivity index (χ3v) is 8.12. The van der Waals surface area contributed by atoms with Crippen LogP contribution in [-0.4, -0.2) is 39.3 Å². The molecule has 0 saturated heterocycles. The van der Waals surface area contributed by atoms with E-state index in [0.717, 1.165) is 10.3 Å². The number of anilines is 1. The highest BCUT2D eigenvalue weighted by molar-refractivity contribution is 7.89. The molecular formula is C20H19FN2O3S2. The number of sulfonamides is 1. The normalized spacial score (nSPS) is 14.1. The van der Waals surface area contributed by atoms with Crippen molar-refractivity contribution in [3.05, 3.63) is 58.2 Å². The van der Waals surface area contributed by atoms with Gasteiger partial charge in [0, 0.05) is 36.4 Å². The molecule has 3 aromatic rings. The number of carbonyl (C=O) groups excluding carboxylic acids is 1. The van der Waals surface area contributed by atoms with E-state index in [4.69, 9.17) is 0 Å². The van der Waals surface area contributed by atoms with E-state index in [1.807, 2.05) is 6.07 Å². The topological polar surface area (TPSA) is 57.7 Å². The number of benzene rings is 2. The molecule has 0 spiro atoms. The van der Waals surface area contributed by atoms with Crippen molar-refractivity contribution < 1.29 is 17.6 Å². The molecule has 1 aliphatic rings. The molecule has 0 N–H and O–H groups in total. The zero-order chi connectivity index (χ0) is 20.2. The first-order valence-electron chi connectivity index (χ1n) is 8.76. The van der Waals surface area contributed by atoms with E-state index in [-0.39, 0.29) is 16.6 Å². The fraction of sp³-hybridized carbons (Fsp3) is 0.250. The lowest BCUT2D eigenvalue weighted by molar-refractivity contribution is 0.0993. The van der Waals surface area contributed by atoms with E-state index in [1.165, 1.54) is 41.9 Å². The minimum atomic E-state index is -3.53. The second-order valence-corrected chi connectivity index (χ2v) is 10.2. The summed E-state index contributed by atoms with van der Waals surface area (Å²) in [4.78, 5) is 15.6. The molecule has 1 amide bonds. The van der Waals surface area contributed by atoms with Crippen LogP contribution in [0.3, 0.4) is 0 Å². The first-order chi connectivity index (χ1) is 13.2. The molecule has 0 atom stereocenters. The number of fused-ring (bicyclic) bond motifs is 2. The minimum absolute atomic E-state index is 0.180. The number of rotatable bonds is 3. The highest BCUT2D eigenvalue weighted by atomic mass is 32.2. The third kappa shape index (κ3) is 2.83. The third-order valence-electron chi connectivity index (χ3n) is 5.07. The number of hydrogen-bond donors (Lipinski definition) is 0. The fourth-order valence-electron chi connectivity index (χ4n) is 3.54. The van der Waals surface area contributed by atoms with Crippen LogP contribution in [0.5, 0.6) is 0 Å². The Morgan fingerprint density at radius 2 is 1.96 bits per heavy atom. The fourth-order valence-corrected chi connectivity index (χ4v) is 5.67. The Labute approximate surface area is 167 Å². The predicted molar refractivity (Wildman–Crippen MR) is 109 cm³/mol. The molecule has 2 aromatic carbocycles. The predicted octanol–water partition coefficient (Wildman–Crippen LogP) is 3.80. The smallest absolute Gasteiger partial charge is 0.268 e. The van der Waals surface area contributed by atoms with Crippen molar-refractivity contribution in [2.75, 3.05) is 25.5 Å². The first kappa shape index (κ1) is 19.0. The van der Waals surface area contributed by atoms with Gasteiger partial charge in [0.25, 0.3) is 5.91 Å². The van der Waals surface area contributed by atoms with Crippen molar-refractivity contribution in [1.29, 1.82) is 0 Å². The van der Waals surface area contributed by atoms with Gasteiger partial charge in [0.05, 0.1) is 9.77 Å². The number of hydrogen-bond acceptors (Lipinski definition) is 4. The molecular weight excluding hydrogens is 399 g/mol. The molecule has 0 unspecified atom stereocenters. The molecule has 0 bridgehead atoms. The molecule has 1 aromatic heterocycles. The van der Waals surface area contributed by atoms with Crippen molar-refractivity contribution in [2.24, 2.45) is 0 Å². The summed E-state index contributed by atoms with van der Waals surface area (Å²) >= 11 is 1.29. The monoisotopic (exact) mass is 418 g/mol. The van der Waals surface area contributed by atoms with Crippen LogP contribution in [0.4, 0.5) is 10.1 Å². The van der Waals surface area contributed by atoms with E-state index in [0.29, 0.717) is 34.5 Å². The van der Waals surface area contributed by atoms with Gasteiger partial charge >= 0.3 is 0 Å². The summed E-state index contributed by atoms with van der Waals surface area (Å²) in [6, 6.07) is 9.68. The van der Waals surface area contributed by atoms with Gasteiger partial charge in [-0.05, 0) is 54.8 Å². The lowest BCUT2D eigenvalue weighted by atomic mass is 10.1. The van der Waals surface area contributed by atoms with Crippen LogP contribution in [-0.2, 0) is 16.4 Å². The number of amides is 1. The van der Waals surface area contributed by atoms with Crippen LogP contribution >= 0.6 is 11.3 Å². The van der Waals surface area contributed by atoms with Crippen LogP contribution in [0.1, 0.15) is 20.8 Å². The second kappa shape index (κ2) is 6.65. The Hall–Kier alpha value is -2.29. The van der Waals surface area contributed by atoms with Crippen LogP contribution < -0.4 is 4.90 Å². The Kier molecular flexibility index (Phi) is 4.52. The SMILES string of the molecule is Cc1c(C(=O)N2CCc3cc(S(=O)(=O)N(C)C)ccc32)sc2cccc(F)c12. The lowest BCUT2D eigenvalue weighted by Crippen LogP contribution is -2.28. The van der Waals surface area contributed by atoms with Gasteiger partial charge in [-0.25, -0.2) is 17.1 Å². The van der Waals surface area contributed by atoms with E-state index in [2.05, 4.69) is 0 Å². The second-order valence-electron chi connectivity index (χ2n) is 6.95. The number of thiophene rings is 1. The Morgan fingerprint density at radius 1 is 1.21 bits per heavy atom. The molecule has 4 rings (SSSR count). The lowest BCUT2D eigenvalue weighted by Gasteiger charge is -2.18. The Morgan fingerprint density at radius 3 is 2.64 bits per heavy atom. The molecule has 2 heterocycles. The minimum Gasteiger partial charge on any atom is -0.307 e. The number of aryl methyl sites for hydroxylation is 1. The summed E-state index contributed by atoms with van der Waals surface area (Å²) in [5.41, 5.74) is 2.17. The summed E-state index contributed by atoms with van der Waals surface area (Å²) in [5, 5.41) is 0.489. The van der Waals surface area contributed by atoms with E-state index >= 15 is 0 Å². The van der Waals surface area contributed by atoms with Gasteiger partial charge in [-0.3, -0.25) is 4.79 Å². The maximum Gasteiger partial charge on any atom is 0.268 e. The van der Waals surface area contributed by atoms with Crippen LogP contribution in [0.15, 0.2) is 41.3 Å². The highest BCUT2D eigenvalue weighted by Gasteiger charge is 2.30. The molecule has 5 nitrogen and oxygen atoms in total. The van der Waals surface area contributed by atoms with Crippen molar-refractivity contribution in [1.82, 2.24) is 4.31 Å². The number of carbonyl (C=O) groups is 1. The number of nitrogens with zero attached hydrogens (tertiary/aromatic N) is 2. The quantitative estimate of drug-likeness (QED) is 0.650. The zero-order valence-electron chi connectivity index (χ0n) is 15.7. The maximum absolute atomic E-state index is 14.2. The summed E-state index contributed by atoms with van der Waals surface area (Å²) < 4.78 is 40.8. The molecule has 8 heteroatoms. The molecule has 0 fully saturated rings. The summed E-state index contributed by atoms with van der Waals surface area (Å²) in [6.07, 6.45) is 0.580. The van der Waals surface area contributed by atoms with Crippen LogP contribution in [0, 0.1) is 12.7 Å². The molecule has 0 aliphatic carbocycles. The molecule has 146 valence electrons. The Balaban J connectivity index is 1.73. The van der Waals surface area contributed by atoms with E-state index < -0.39 is 10.0 Å². The molecule has 0 saturated carbocycles. The van der Waals surface area contributed by atoms with Gasteiger partial charge < -0.3 is 4.90 Å². The van der Waals surface area contributed by atoms with Crippen molar-refractivity contribution in [2.45, 2.75) is 18.2 Å².